The standard InChI is InChI=1S/C21H32N4O4/c1-21(2,3)29-20(28)15-5-7-16(8-6-15)23-19(27)17(22)9-10-18(26)25-13-11-24(4)12-14-25/h5-8,17H,9-14,22H2,1-4H3,(H,23,27)/t17-/m0/s1. The zero-order chi connectivity index (χ0) is 21.6. The number of likely N-dealkylation sites (N-methyl/N-ethyl adjacent to an activating group) is 1. The Bertz CT molecular complexity index is 719. The van der Waals surface area contributed by atoms with Crippen LogP contribution in [0.2, 0.25) is 0 Å². The Morgan fingerprint density at radius 2 is 1.69 bits per heavy atom. The summed E-state index contributed by atoms with van der Waals surface area (Å²) in [6.45, 7) is 8.54. The molecule has 0 spiro atoms. The number of hydrogen-bond acceptors (Lipinski definition) is 6. The molecular formula is C21H32N4O4. The highest BCUT2D eigenvalue weighted by Crippen LogP contribution is 2.15. The van der Waals surface area contributed by atoms with Crippen molar-refractivity contribution in [2.45, 2.75) is 45.3 Å². The summed E-state index contributed by atoms with van der Waals surface area (Å²) in [5.74, 6) is -0.751. The number of anilines is 1. The smallest absolute Gasteiger partial charge is 0.338 e. The zero-order valence-electron chi connectivity index (χ0n) is 17.7. The molecule has 1 aliphatic heterocycles. The molecule has 0 bridgehead atoms. The third kappa shape index (κ3) is 7.47. The lowest BCUT2D eigenvalue weighted by atomic mass is 10.1. The Morgan fingerprint density at radius 3 is 2.24 bits per heavy atom. The lowest BCUT2D eigenvalue weighted by Crippen LogP contribution is -2.47. The molecule has 2 rings (SSSR count). The number of benzene rings is 1. The predicted octanol–water partition coefficient (Wildman–Crippen LogP) is 1.46. The van der Waals surface area contributed by atoms with Crippen molar-refractivity contribution in [3.05, 3.63) is 29.8 Å². The second kappa shape index (κ2) is 9.84. The van der Waals surface area contributed by atoms with Crippen LogP contribution in [0.15, 0.2) is 24.3 Å². The quantitative estimate of drug-likeness (QED) is 0.696. The van der Waals surface area contributed by atoms with Crippen LogP contribution < -0.4 is 11.1 Å². The van der Waals surface area contributed by atoms with E-state index in [1.165, 1.54) is 0 Å². The van der Waals surface area contributed by atoms with Gasteiger partial charge in [0.15, 0.2) is 0 Å². The number of esters is 1. The fourth-order valence-corrected chi connectivity index (χ4v) is 2.89. The molecule has 1 aromatic carbocycles. The van der Waals surface area contributed by atoms with Gasteiger partial charge < -0.3 is 25.6 Å². The lowest BCUT2D eigenvalue weighted by molar-refractivity contribution is -0.133. The third-order valence-corrected chi connectivity index (χ3v) is 4.65. The molecule has 1 saturated heterocycles. The minimum absolute atomic E-state index is 0.0306. The fourth-order valence-electron chi connectivity index (χ4n) is 2.89. The Balaban J connectivity index is 1.80. The van der Waals surface area contributed by atoms with Crippen molar-refractivity contribution in [1.82, 2.24) is 9.80 Å². The molecule has 0 aromatic heterocycles. The molecule has 1 fully saturated rings. The topological polar surface area (TPSA) is 105 Å². The molecule has 160 valence electrons. The zero-order valence-corrected chi connectivity index (χ0v) is 17.7. The second-order valence-corrected chi connectivity index (χ2v) is 8.40. The van der Waals surface area contributed by atoms with E-state index < -0.39 is 17.6 Å². The van der Waals surface area contributed by atoms with Gasteiger partial charge in [-0.25, -0.2) is 4.79 Å². The minimum atomic E-state index is -0.781. The molecule has 0 saturated carbocycles. The van der Waals surface area contributed by atoms with Crippen molar-refractivity contribution in [2.75, 3.05) is 38.5 Å². The summed E-state index contributed by atoms with van der Waals surface area (Å²) in [6, 6.07) is 5.65. The maximum absolute atomic E-state index is 12.3. The van der Waals surface area contributed by atoms with Gasteiger partial charge in [-0.15, -0.1) is 0 Å². The summed E-state index contributed by atoms with van der Waals surface area (Å²) in [5.41, 5.74) is 6.31. The second-order valence-electron chi connectivity index (χ2n) is 8.40. The van der Waals surface area contributed by atoms with Crippen LogP contribution in [0.4, 0.5) is 5.69 Å². The number of carbonyl (C=O) groups is 3. The van der Waals surface area contributed by atoms with Gasteiger partial charge in [-0.2, -0.15) is 0 Å². The number of ether oxygens (including phenoxy) is 1. The highest BCUT2D eigenvalue weighted by molar-refractivity contribution is 5.96. The van der Waals surface area contributed by atoms with Crippen molar-refractivity contribution in [3.63, 3.8) is 0 Å². The Morgan fingerprint density at radius 1 is 1.10 bits per heavy atom. The number of piperazine rings is 1. The molecule has 1 atom stereocenters. The van der Waals surface area contributed by atoms with Gasteiger partial charge in [-0.3, -0.25) is 9.59 Å². The van der Waals surface area contributed by atoms with E-state index in [0.29, 0.717) is 24.3 Å². The molecule has 0 radical (unpaired) electrons. The minimum Gasteiger partial charge on any atom is -0.456 e. The summed E-state index contributed by atoms with van der Waals surface area (Å²) in [6.07, 6.45) is 0.531. The maximum atomic E-state index is 12.3. The molecule has 2 amide bonds. The fraction of sp³-hybridized carbons (Fsp3) is 0.571. The first-order chi connectivity index (χ1) is 13.5. The van der Waals surface area contributed by atoms with Gasteiger partial charge in [0.05, 0.1) is 11.6 Å². The number of rotatable bonds is 6. The van der Waals surface area contributed by atoms with E-state index in [1.54, 1.807) is 45.0 Å². The molecule has 8 heteroatoms. The summed E-state index contributed by atoms with van der Waals surface area (Å²) in [5, 5.41) is 2.72. The average Bonchev–Trinajstić information content (AvgIpc) is 2.65. The SMILES string of the molecule is CN1CCN(C(=O)CC[C@H](N)C(=O)Nc2ccc(C(=O)OC(C)(C)C)cc2)CC1. The predicted molar refractivity (Wildman–Crippen MR) is 112 cm³/mol. The Kier molecular flexibility index (Phi) is 7.75. The number of nitrogens with one attached hydrogen (secondary N) is 1. The summed E-state index contributed by atoms with van der Waals surface area (Å²) in [4.78, 5) is 40.6. The largest absolute Gasteiger partial charge is 0.456 e. The van der Waals surface area contributed by atoms with Crippen molar-refractivity contribution >= 4 is 23.5 Å². The van der Waals surface area contributed by atoms with Gasteiger partial charge in [0.1, 0.15) is 5.60 Å². The van der Waals surface area contributed by atoms with Crippen LogP contribution in [0.5, 0.6) is 0 Å². The molecule has 1 aliphatic rings. The molecule has 0 aliphatic carbocycles. The van der Waals surface area contributed by atoms with Crippen LogP contribution in [0.3, 0.4) is 0 Å². The highest BCUT2D eigenvalue weighted by atomic mass is 16.6. The normalized spacial score (nSPS) is 16.2. The van der Waals surface area contributed by atoms with Crippen LogP contribution in [0.1, 0.15) is 44.0 Å². The van der Waals surface area contributed by atoms with Gasteiger partial charge in [-0.05, 0) is 58.5 Å². The van der Waals surface area contributed by atoms with Gasteiger partial charge in [0, 0.05) is 38.3 Å². The average molecular weight is 405 g/mol. The summed E-state index contributed by atoms with van der Waals surface area (Å²) < 4.78 is 5.31. The van der Waals surface area contributed by atoms with E-state index in [-0.39, 0.29) is 24.7 Å². The molecule has 1 heterocycles. The van der Waals surface area contributed by atoms with Gasteiger partial charge in [-0.1, -0.05) is 0 Å². The first kappa shape index (κ1) is 22.8. The van der Waals surface area contributed by atoms with Gasteiger partial charge in [0.25, 0.3) is 0 Å². The Labute approximate surface area is 172 Å². The molecule has 8 nitrogen and oxygen atoms in total. The molecule has 3 N–H and O–H groups in total. The first-order valence-electron chi connectivity index (χ1n) is 9.91. The van der Waals surface area contributed by atoms with Crippen molar-refractivity contribution < 1.29 is 19.1 Å². The maximum Gasteiger partial charge on any atom is 0.338 e. The number of hydrogen-bond donors (Lipinski definition) is 2. The monoisotopic (exact) mass is 404 g/mol. The first-order valence-corrected chi connectivity index (χ1v) is 9.91. The number of carbonyl (C=O) groups excluding carboxylic acids is 3. The van der Waals surface area contributed by atoms with Gasteiger partial charge in [0.2, 0.25) is 11.8 Å². The van der Waals surface area contributed by atoms with E-state index >= 15 is 0 Å². The van der Waals surface area contributed by atoms with E-state index in [1.807, 2.05) is 11.9 Å². The van der Waals surface area contributed by atoms with Crippen LogP contribution in [-0.4, -0.2) is 72.5 Å². The third-order valence-electron chi connectivity index (χ3n) is 4.65. The Hall–Kier alpha value is -2.45. The van der Waals surface area contributed by atoms with Crippen LogP contribution in [0, 0.1) is 0 Å². The van der Waals surface area contributed by atoms with E-state index in [0.717, 1.165) is 13.1 Å². The lowest BCUT2D eigenvalue weighted by Gasteiger charge is -2.32. The summed E-state index contributed by atoms with van der Waals surface area (Å²) in [7, 11) is 2.03. The number of amides is 2. The molecule has 29 heavy (non-hydrogen) atoms. The number of nitrogens with two attached hydrogens (primary N) is 1. The van der Waals surface area contributed by atoms with Crippen molar-refractivity contribution in [1.29, 1.82) is 0 Å². The van der Waals surface area contributed by atoms with Crippen LogP contribution in [-0.2, 0) is 14.3 Å². The molecular weight excluding hydrogens is 372 g/mol. The molecule has 0 unspecified atom stereocenters. The molecule has 1 aromatic rings. The van der Waals surface area contributed by atoms with E-state index in [9.17, 15) is 14.4 Å². The van der Waals surface area contributed by atoms with E-state index in [2.05, 4.69) is 10.2 Å². The van der Waals surface area contributed by atoms with Crippen LogP contribution in [0.25, 0.3) is 0 Å². The van der Waals surface area contributed by atoms with Crippen molar-refractivity contribution in [3.8, 4) is 0 Å². The highest BCUT2D eigenvalue weighted by Gasteiger charge is 2.22. The van der Waals surface area contributed by atoms with Crippen LogP contribution >= 0.6 is 0 Å². The van der Waals surface area contributed by atoms with Crippen molar-refractivity contribution in [2.24, 2.45) is 5.73 Å². The number of nitrogens with zero attached hydrogens (tertiary/aromatic N) is 2. The summed E-state index contributed by atoms with van der Waals surface area (Å²) >= 11 is 0. The van der Waals surface area contributed by atoms with Gasteiger partial charge >= 0.3 is 5.97 Å². The van der Waals surface area contributed by atoms with E-state index in [4.69, 9.17) is 10.5 Å².